The van der Waals surface area contributed by atoms with Gasteiger partial charge in [0.25, 0.3) is 0 Å². The van der Waals surface area contributed by atoms with Crippen LogP contribution >= 0.6 is 0 Å². The second-order valence-corrected chi connectivity index (χ2v) is 5.70. The minimum atomic E-state index is -0.496. The van der Waals surface area contributed by atoms with E-state index in [4.69, 9.17) is 0 Å². The molecule has 1 aliphatic carbocycles. The van der Waals surface area contributed by atoms with Crippen LogP contribution in [0.25, 0.3) is 0 Å². The first-order valence-electron chi connectivity index (χ1n) is 7.22. The highest BCUT2D eigenvalue weighted by Crippen LogP contribution is 2.34. The third-order valence-corrected chi connectivity index (χ3v) is 4.28. The quantitative estimate of drug-likeness (QED) is 0.872. The van der Waals surface area contributed by atoms with Gasteiger partial charge in [-0.2, -0.15) is 0 Å². The largest absolute Gasteiger partial charge is 0.393 e. The number of aliphatic hydroxyl groups excluding tert-OH is 1. The highest BCUT2D eigenvalue weighted by atomic mass is 19.1. The maximum absolute atomic E-state index is 13.7. The Kier molecular flexibility index (Phi) is 4.92. The van der Waals surface area contributed by atoms with E-state index in [0.29, 0.717) is 12.3 Å². The van der Waals surface area contributed by atoms with Gasteiger partial charge in [-0.1, -0.05) is 25.8 Å². The van der Waals surface area contributed by atoms with E-state index >= 15 is 0 Å². The first-order valence-corrected chi connectivity index (χ1v) is 7.22. The minimum Gasteiger partial charge on any atom is -0.393 e. The molecule has 0 radical (unpaired) electrons. The average molecular weight is 268 g/mol. The summed E-state index contributed by atoms with van der Waals surface area (Å²) < 4.78 is 27.3. The summed E-state index contributed by atoms with van der Waals surface area (Å²) in [5.74, 6) is -0.417. The highest BCUT2D eigenvalue weighted by Gasteiger charge is 2.30. The molecule has 1 N–H and O–H groups in total. The lowest BCUT2D eigenvalue weighted by atomic mass is 9.75. The zero-order chi connectivity index (χ0) is 13.8. The van der Waals surface area contributed by atoms with Gasteiger partial charge in [-0.05, 0) is 49.7 Å². The summed E-state index contributed by atoms with van der Waals surface area (Å²) >= 11 is 0. The van der Waals surface area contributed by atoms with E-state index in [1.165, 1.54) is 18.2 Å². The van der Waals surface area contributed by atoms with Crippen molar-refractivity contribution in [2.75, 3.05) is 0 Å². The van der Waals surface area contributed by atoms with Crippen molar-refractivity contribution in [1.82, 2.24) is 0 Å². The molecular formula is C16H22F2O. The van der Waals surface area contributed by atoms with Crippen LogP contribution in [-0.2, 0) is 6.42 Å². The van der Waals surface area contributed by atoms with Crippen LogP contribution in [0.3, 0.4) is 0 Å². The maximum atomic E-state index is 13.7. The van der Waals surface area contributed by atoms with Crippen molar-refractivity contribution in [3.63, 3.8) is 0 Å². The Bertz CT molecular complexity index is 399. The van der Waals surface area contributed by atoms with Crippen molar-refractivity contribution in [2.45, 2.75) is 51.6 Å². The molecule has 0 heterocycles. The normalized spacial score (nSPS) is 27.5. The van der Waals surface area contributed by atoms with Crippen LogP contribution in [0.15, 0.2) is 18.2 Å². The fourth-order valence-corrected chi connectivity index (χ4v) is 3.22. The summed E-state index contributed by atoms with van der Waals surface area (Å²) in [4.78, 5) is 0. The third-order valence-electron chi connectivity index (χ3n) is 4.28. The van der Waals surface area contributed by atoms with Crippen LogP contribution in [-0.4, -0.2) is 11.2 Å². The Balaban J connectivity index is 2.08. The van der Waals surface area contributed by atoms with Crippen LogP contribution in [0.4, 0.5) is 8.78 Å². The van der Waals surface area contributed by atoms with Crippen LogP contribution in [0.2, 0.25) is 0 Å². The van der Waals surface area contributed by atoms with E-state index in [1.54, 1.807) is 0 Å². The molecule has 0 aromatic heterocycles. The summed E-state index contributed by atoms with van der Waals surface area (Å²) in [7, 11) is 0. The van der Waals surface area contributed by atoms with E-state index in [1.807, 2.05) is 0 Å². The maximum Gasteiger partial charge on any atom is 0.129 e. The molecule has 3 unspecified atom stereocenters. The summed E-state index contributed by atoms with van der Waals surface area (Å²) in [5.41, 5.74) is 0.128. The van der Waals surface area contributed by atoms with Gasteiger partial charge in [0.05, 0.1) is 6.10 Å². The Hall–Kier alpha value is -0.960. The molecular weight excluding hydrogens is 246 g/mol. The predicted molar refractivity (Wildman–Crippen MR) is 71.8 cm³/mol. The number of aliphatic hydroxyl groups is 1. The number of halogens is 2. The summed E-state index contributed by atoms with van der Waals surface area (Å²) in [5, 5.41) is 10.1. The van der Waals surface area contributed by atoms with Crippen LogP contribution in [0.1, 0.15) is 44.6 Å². The van der Waals surface area contributed by atoms with Crippen LogP contribution in [0.5, 0.6) is 0 Å². The van der Waals surface area contributed by atoms with Gasteiger partial charge in [-0.25, -0.2) is 8.78 Å². The second-order valence-electron chi connectivity index (χ2n) is 5.70. The van der Waals surface area contributed by atoms with Crippen molar-refractivity contribution < 1.29 is 13.9 Å². The van der Waals surface area contributed by atoms with Gasteiger partial charge < -0.3 is 5.11 Å². The van der Waals surface area contributed by atoms with Gasteiger partial charge in [0.1, 0.15) is 11.6 Å². The predicted octanol–water partition coefficient (Wildman–Crippen LogP) is 4.08. The zero-order valence-electron chi connectivity index (χ0n) is 11.4. The highest BCUT2D eigenvalue weighted by molar-refractivity contribution is 5.20. The van der Waals surface area contributed by atoms with Crippen molar-refractivity contribution in [3.8, 4) is 0 Å². The molecule has 1 aliphatic rings. The third kappa shape index (κ3) is 3.53. The van der Waals surface area contributed by atoms with Gasteiger partial charge in [0.2, 0.25) is 0 Å². The smallest absolute Gasteiger partial charge is 0.129 e. The molecule has 0 spiro atoms. The van der Waals surface area contributed by atoms with Crippen molar-refractivity contribution in [3.05, 3.63) is 35.4 Å². The van der Waals surface area contributed by atoms with Crippen LogP contribution < -0.4 is 0 Å². The molecule has 3 heteroatoms. The monoisotopic (exact) mass is 268 g/mol. The summed E-state index contributed by atoms with van der Waals surface area (Å²) in [6.45, 7) is 2.15. The Labute approximate surface area is 113 Å². The molecule has 1 aromatic carbocycles. The number of hydrogen-bond donors (Lipinski definition) is 1. The van der Waals surface area contributed by atoms with E-state index in [0.717, 1.165) is 32.1 Å². The first kappa shape index (κ1) is 14.4. The lowest BCUT2D eigenvalue weighted by Crippen LogP contribution is -2.31. The molecule has 1 nitrogen and oxygen atoms in total. The summed E-state index contributed by atoms with van der Waals surface area (Å²) in [6.07, 6.45) is 4.82. The Morgan fingerprint density at radius 1 is 1.21 bits per heavy atom. The molecule has 0 saturated heterocycles. The van der Waals surface area contributed by atoms with E-state index in [2.05, 4.69) is 6.92 Å². The van der Waals surface area contributed by atoms with Gasteiger partial charge in [-0.15, -0.1) is 0 Å². The number of hydrogen-bond acceptors (Lipinski definition) is 1. The van der Waals surface area contributed by atoms with Crippen LogP contribution in [0, 0.1) is 23.5 Å². The van der Waals surface area contributed by atoms with E-state index in [-0.39, 0.29) is 11.5 Å². The van der Waals surface area contributed by atoms with E-state index in [9.17, 15) is 13.9 Å². The fourth-order valence-electron chi connectivity index (χ4n) is 3.22. The van der Waals surface area contributed by atoms with Gasteiger partial charge >= 0.3 is 0 Å². The first-order chi connectivity index (χ1) is 9.11. The molecule has 1 aromatic rings. The van der Waals surface area contributed by atoms with Crippen molar-refractivity contribution >= 4 is 0 Å². The lowest BCUT2D eigenvalue weighted by molar-refractivity contribution is 0.0455. The fraction of sp³-hybridized carbons (Fsp3) is 0.625. The van der Waals surface area contributed by atoms with Gasteiger partial charge in [-0.3, -0.25) is 0 Å². The topological polar surface area (TPSA) is 20.2 Å². The van der Waals surface area contributed by atoms with Gasteiger partial charge in [0.15, 0.2) is 0 Å². The van der Waals surface area contributed by atoms with E-state index < -0.39 is 17.7 Å². The van der Waals surface area contributed by atoms with Gasteiger partial charge in [0, 0.05) is 5.56 Å². The van der Waals surface area contributed by atoms with Crippen molar-refractivity contribution in [2.24, 2.45) is 11.8 Å². The molecule has 1 fully saturated rings. The molecule has 2 rings (SSSR count). The Morgan fingerprint density at radius 3 is 2.53 bits per heavy atom. The molecule has 0 aliphatic heterocycles. The molecule has 19 heavy (non-hydrogen) atoms. The lowest BCUT2D eigenvalue weighted by Gasteiger charge is -2.33. The molecule has 106 valence electrons. The Morgan fingerprint density at radius 2 is 1.89 bits per heavy atom. The zero-order valence-corrected chi connectivity index (χ0v) is 11.4. The average Bonchev–Trinajstić information content (AvgIpc) is 2.38. The molecule has 0 amide bonds. The number of rotatable bonds is 4. The standard InChI is InChI=1S/C16H22F2O/c1-2-4-11-7-8-16(19)12(9-11)10-13-14(17)5-3-6-15(13)18/h3,5-6,11-12,16,19H,2,4,7-10H2,1H3. The van der Waals surface area contributed by atoms with Crippen molar-refractivity contribution in [1.29, 1.82) is 0 Å². The summed E-state index contributed by atoms with van der Waals surface area (Å²) in [6, 6.07) is 3.96. The second kappa shape index (κ2) is 6.47. The molecule has 0 bridgehead atoms. The number of benzene rings is 1. The molecule has 1 saturated carbocycles. The SMILES string of the molecule is CCCC1CCC(O)C(Cc2c(F)cccc2F)C1. The minimum absolute atomic E-state index is 0.0169. The molecule has 3 atom stereocenters.